The summed E-state index contributed by atoms with van der Waals surface area (Å²) in [5, 5.41) is 0.394. The Morgan fingerprint density at radius 1 is 1.27 bits per heavy atom. The van der Waals surface area contributed by atoms with Crippen LogP contribution in [-0.2, 0) is 12.8 Å². The summed E-state index contributed by atoms with van der Waals surface area (Å²) in [5.74, 6) is 0.326. The summed E-state index contributed by atoms with van der Waals surface area (Å²) in [6, 6.07) is 0. The van der Waals surface area contributed by atoms with Gasteiger partial charge in [0.25, 0.3) is 5.56 Å². The van der Waals surface area contributed by atoms with E-state index in [2.05, 4.69) is 18.8 Å². The van der Waals surface area contributed by atoms with Crippen molar-refractivity contribution in [2.75, 3.05) is 0 Å². The van der Waals surface area contributed by atoms with Gasteiger partial charge in [-0.3, -0.25) is 4.79 Å². The number of halogens is 1. The minimum Gasteiger partial charge on any atom is -0.325 e. The monoisotopic (exact) mass is 225 g/mol. The number of rotatable bonds is 1. The van der Waals surface area contributed by atoms with Gasteiger partial charge in [0.15, 0.2) is 0 Å². The Labute approximate surface area is 94.7 Å². The third-order valence-corrected chi connectivity index (χ3v) is 3.45. The van der Waals surface area contributed by atoms with Crippen LogP contribution in [0.15, 0.2) is 4.79 Å². The number of hydrogen-bond donors (Lipinski definition) is 1. The van der Waals surface area contributed by atoms with E-state index in [4.69, 9.17) is 11.6 Å². The molecule has 82 valence electrons. The van der Waals surface area contributed by atoms with Gasteiger partial charge in [-0.15, -0.1) is 0 Å². The van der Waals surface area contributed by atoms with Gasteiger partial charge >= 0.3 is 0 Å². The summed E-state index contributed by atoms with van der Waals surface area (Å²) in [7, 11) is 0. The van der Waals surface area contributed by atoms with Gasteiger partial charge in [-0.05, 0) is 42.7 Å². The smallest absolute Gasteiger partial charge is 0.267 e. The highest BCUT2D eigenvalue weighted by atomic mass is 35.5. The van der Waals surface area contributed by atoms with Crippen LogP contribution < -0.4 is 5.56 Å². The number of aromatic nitrogens is 1. The van der Waals surface area contributed by atoms with Crippen molar-refractivity contribution in [3.63, 3.8) is 0 Å². The Hall–Kier alpha value is -0.760. The maximum absolute atomic E-state index is 11.6. The van der Waals surface area contributed by atoms with Crippen LogP contribution in [0, 0.1) is 0 Å². The lowest BCUT2D eigenvalue weighted by molar-refractivity contribution is 0.650. The van der Waals surface area contributed by atoms with Crippen LogP contribution in [0.25, 0.3) is 0 Å². The van der Waals surface area contributed by atoms with Crippen LogP contribution in [0.3, 0.4) is 0 Å². The van der Waals surface area contributed by atoms with E-state index >= 15 is 0 Å². The van der Waals surface area contributed by atoms with E-state index in [1.165, 1.54) is 18.4 Å². The van der Waals surface area contributed by atoms with Crippen LogP contribution in [0.2, 0.25) is 5.02 Å². The molecule has 0 spiro atoms. The van der Waals surface area contributed by atoms with Crippen molar-refractivity contribution in [1.29, 1.82) is 0 Å². The third-order valence-electron chi connectivity index (χ3n) is 3.07. The zero-order chi connectivity index (χ0) is 11.0. The molecule has 2 rings (SSSR count). The number of aromatic amines is 1. The number of nitrogens with one attached hydrogen (secondary N) is 1. The summed E-state index contributed by atoms with van der Waals surface area (Å²) in [5.41, 5.74) is 3.34. The highest BCUT2D eigenvalue weighted by Gasteiger charge is 2.20. The predicted octanol–water partition coefficient (Wildman–Crippen LogP) is 3.03. The Balaban J connectivity index is 2.68. The SMILES string of the molecule is CC(C)c1c2c([nH]c(=O)c1Cl)CCCC2. The van der Waals surface area contributed by atoms with Gasteiger partial charge in [0.1, 0.15) is 5.02 Å². The van der Waals surface area contributed by atoms with Gasteiger partial charge in [0.05, 0.1) is 0 Å². The van der Waals surface area contributed by atoms with E-state index in [-0.39, 0.29) is 5.56 Å². The largest absolute Gasteiger partial charge is 0.325 e. The van der Waals surface area contributed by atoms with E-state index in [1.54, 1.807) is 0 Å². The Kier molecular flexibility index (Phi) is 2.87. The maximum Gasteiger partial charge on any atom is 0.267 e. The van der Waals surface area contributed by atoms with Gasteiger partial charge in [-0.1, -0.05) is 25.4 Å². The van der Waals surface area contributed by atoms with Crippen molar-refractivity contribution < 1.29 is 0 Å². The van der Waals surface area contributed by atoms with E-state index < -0.39 is 0 Å². The van der Waals surface area contributed by atoms with E-state index in [0.29, 0.717) is 10.9 Å². The third kappa shape index (κ3) is 1.83. The second-order valence-corrected chi connectivity index (χ2v) is 4.88. The molecule has 0 saturated carbocycles. The molecule has 1 N–H and O–H groups in total. The standard InChI is InChI=1S/C12H16ClNO/c1-7(2)10-8-5-3-4-6-9(8)14-12(15)11(10)13/h7H,3-6H2,1-2H3,(H,14,15). The molecular weight excluding hydrogens is 210 g/mol. The molecule has 1 aliphatic carbocycles. The average molecular weight is 226 g/mol. The molecule has 0 radical (unpaired) electrons. The van der Waals surface area contributed by atoms with Crippen molar-refractivity contribution in [2.45, 2.75) is 45.4 Å². The lowest BCUT2D eigenvalue weighted by atomic mass is 9.88. The number of aryl methyl sites for hydroxylation is 1. The van der Waals surface area contributed by atoms with Crippen LogP contribution in [0.1, 0.15) is 49.4 Å². The molecule has 15 heavy (non-hydrogen) atoms. The molecule has 0 bridgehead atoms. The Bertz CT molecular complexity index is 434. The average Bonchev–Trinajstić information content (AvgIpc) is 2.19. The zero-order valence-corrected chi connectivity index (χ0v) is 9.95. The van der Waals surface area contributed by atoms with E-state index in [1.807, 2.05) is 0 Å². The number of fused-ring (bicyclic) bond motifs is 1. The van der Waals surface area contributed by atoms with Gasteiger partial charge in [0, 0.05) is 5.69 Å². The number of hydrogen-bond acceptors (Lipinski definition) is 1. The molecule has 1 aromatic heterocycles. The van der Waals surface area contributed by atoms with Gasteiger partial charge in [-0.25, -0.2) is 0 Å². The van der Waals surface area contributed by atoms with Gasteiger partial charge in [-0.2, -0.15) is 0 Å². The van der Waals surface area contributed by atoms with Gasteiger partial charge in [0.2, 0.25) is 0 Å². The van der Waals surface area contributed by atoms with Crippen molar-refractivity contribution in [1.82, 2.24) is 4.98 Å². The molecule has 0 saturated heterocycles. The van der Waals surface area contributed by atoms with Crippen LogP contribution >= 0.6 is 11.6 Å². The molecule has 1 aromatic rings. The quantitative estimate of drug-likeness (QED) is 0.783. The fourth-order valence-electron chi connectivity index (χ4n) is 2.39. The van der Waals surface area contributed by atoms with Crippen LogP contribution in [-0.4, -0.2) is 4.98 Å². The zero-order valence-electron chi connectivity index (χ0n) is 9.19. The first-order valence-electron chi connectivity index (χ1n) is 5.54. The molecule has 0 unspecified atom stereocenters. The lowest BCUT2D eigenvalue weighted by Crippen LogP contribution is -2.19. The van der Waals surface area contributed by atoms with Gasteiger partial charge < -0.3 is 4.98 Å². The molecule has 3 heteroatoms. The molecule has 1 aliphatic rings. The van der Waals surface area contributed by atoms with Crippen molar-refractivity contribution in [3.8, 4) is 0 Å². The van der Waals surface area contributed by atoms with E-state index in [9.17, 15) is 4.79 Å². The molecule has 0 aliphatic heterocycles. The Morgan fingerprint density at radius 2 is 1.93 bits per heavy atom. The minimum atomic E-state index is -0.124. The van der Waals surface area contributed by atoms with Crippen molar-refractivity contribution >= 4 is 11.6 Å². The highest BCUT2D eigenvalue weighted by molar-refractivity contribution is 6.31. The lowest BCUT2D eigenvalue weighted by Gasteiger charge is -2.21. The minimum absolute atomic E-state index is 0.124. The fraction of sp³-hybridized carbons (Fsp3) is 0.583. The first-order chi connectivity index (χ1) is 7.11. The fourth-order valence-corrected chi connectivity index (χ4v) is 2.77. The normalized spacial score (nSPS) is 15.5. The first kappa shape index (κ1) is 10.7. The second kappa shape index (κ2) is 4.01. The molecular formula is C12H16ClNO. The van der Waals surface area contributed by atoms with Crippen molar-refractivity contribution in [2.24, 2.45) is 0 Å². The molecule has 1 heterocycles. The highest BCUT2D eigenvalue weighted by Crippen LogP contribution is 2.30. The Morgan fingerprint density at radius 3 is 2.60 bits per heavy atom. The summed E-state index contributed by atoms with van der Waals surface area (Å²) in [6.45, 7) is 4.19. The van der Waals surface area contributed by atoms with Crippen molar-refractivity contribution in [3.05, 3.63) is 32.2 Å². The predicted molar refractivity (Wildman–Crippen MR) is 62.8 cm³/mol. The maximum atomic E-state index is 11.6. The second-order valence-electron chi connectivity index (χ2n) is 4.50. The number of H-pyrrole nitrogens is 1. The summed E-state index contributed by atoms with van der Waals surface area (Å²) < 4.78 is 0. The number of pyridine rings is 1. The first-order valence-corrected chi connectivity index (χ1v) is 5.92. The van der Waals surface area contributed by atoms with Crippen LogP contribution in [0.4, 0.5) is 0 Å². The summed E-state index contributed by atoms with van der Waals surface area (Å²) in [4.78, 5) is 14.5. The molecule has 0 fully saturated rings. The molecule has 0 atom stereocenters. The molecule has 0 amide bonds. The summed E-state index contributed by atoms with van der Waals surface area (Å²) >= 11 is 6.08. The molecule has 2 nitrogen and oxygen atoms in total. The molecule has 0 aromatic carbocycles. The van der Waals surface area contributed by atoms with Crippen LogP contribution in [0.5, 0.6) is 0 Å². The summed E-state index contributed by atoms with van der Waals surface area (Å²) in [6.07, 6.45) is 4.41. The van der Waals surface area contributed by atoms with E-state index in [0.717, 1.165) is 24.1 Å². The topological polar surface area (TPSA) is 32.9 Å².